The number of amides is 1. The predicted molar refractivity (Wildman–Crippen MR) is 127 cm³/mol. The molecule has 1 aromatic heterocycles. The maximum Gasteiger partial charge on any atom is 0.295 e. The monoisotopic (exact) mass is 463 g/mol. The lowest BCUT2D eigenvalue weighted by Crippen LogP contribution is -2.29. The van der Waals surface area contributed by atoms with Crippen LogP contribution in [0.1, 0.15) is 27.7 Å². The van der Waals surface area contributed by atoms with Crippen LogP contribution in [-0.4, -0.2) is 19.3 Å². The van der Waals surface area contributed by atoms with Crippen LogP contribution >= 0.6 is 23.4 Å². The van der Waals surface area contributed by atoms with E-state index in [0.29, 0.717) is 33.0 Å². The molecule has 0 spiro atoms. The van der Waals surface area contributed by atoms with Crippen molar-refractivity contribution < 1.29 is 13.9 Å². The topological polar surface area (TPSA) is 59.8 Å². The molecule has 0 N–H and O–H groups in total. The third-order valence-electron chi connectivity index (χ3n) is 5.60. The molecule has 5 nitrogen and oxygen atoms in total. The molecule has 4 aromatic rings. The molecule has 2 heterocycles. The second kappa shape index (κ2) is 8.04. The van der Waals surface area contributed by atoms with Crippen LogP contribution in [0.4, 0.5) is 5.69 Å². The summed E-state index contributed by atoms with van der Waals surface area (Å²) in [7, 11) is 1.57. The minimum Gasteiger partial charge on any atom is -0.497 e. The van der Waals surface area contributed by atoms with Crippen molar-refractivity contribution in [3.8, 4) is 5.75 Å². The molecule has 1 unspecified atom stereocenters. The zero-order chi connectivity index (χ0) is 22.4. The van der Waals surface area contributed by atoms with E-state index >= 15 is 0 Å². The standard InChI is InChI=1S/C25H18ClNO4S/c1-30-17-5-3-4-16(13-17)27-22(14-6-9-18(32-2)10-7-14)21-23(28)19-12-15(26)8-11-20(19)31-24(21)25(27)29/h3-13,22H,1-2H3. The summed E-state index contributed by atoms with van der Waals surface area (Å²) in [5.41, 5.74) is 1.80. The molecule has 0 saturated carbocycles. The van der Waals surface area contributed by atoms with Gasteiger partial charge < -0.3 is 9.15 Å². The molecule has 3 aromatic carbocycles. The number of halogens is 1. The van der Waals surface area contributed by atoms with Gasteiger partial charge in [-0.25, -0.2) is 0 Å². The number of methoxy groups -OCH3 is 1. The normalized spacial score (nSPS) is 15.3. The van der Waals surface area contributed by atoms with Gasteiger partial charge in [-0.15, -0.1) is 11.8 Å². The number of thioether (sulfide) groups is 1. The van der Waals surface area contributed by atoms with E-state index in [1.165, 1.54) is 0 Å². The van der Waals surface area contributed by atoms with Crippen molar-refractivity contribution in [3.05, 3.63) is 98.9 Å². The van der Waals surface area contributed by atoms with Crippen LogP contribution in [0, 0.1) is 0 Å². The van der Waals surface area contributed by atoms with Crippen LogP contribution in [0.2, 0.25) is 5.02 Å². The highest BCUT2D eigenvalue weighted by Gasteiger charge is 2.43. The molecule has 0 bridgehead atoms. The Bertz CT molecular complexity index is 1410. The van der Waals surface area contributed by atoms with E-state index in [2.05, 4.69) is 0 Å². The summed E-state index contributed by atoms with van der Waals surface area (Å²) >= 11 is 7.76. The number of fused-ring (bicyclic) bond motifs is 2. The molecular weight excluding hydrogens is 446 g/mol. The van der Waals surface area contributed by atoms with Crippen molar-refractivity contribution in [1.29, 1.82) is 0 Å². The minimum absolute atomic E-state index is 0.0478. The number of hydrogen-bond donors (Lipinski definition) is 0. The van der Waals surface area contributed by atoms with Crippen molar-refractivity contribution in [2.24, 2.45) is 0 Å². The molecule has 0 fully saturated rings. The SMILES string of the molecule is COc1cccc(N2C(=O)c3oc4ccc(Cl)cc4c(=O)c3C2c2ccc(SC)cc2)c1. The van der Waals surface area contributed by atoms with Gasteiger partial charge in [0.15, 0.2) is 5.43 Å². The van der Waals surface area contributed by atoms with Gasteiger partial charge in [-0.2, -0.15) is 0 Å². The predicted octanol–water partition coefficient (Wildman–Crippen LogP) is 5.93. The summed E-state index contributed by atoms with van der Waals surface area (Å²) < 4.78 is 11.3. The van der Waals surface area contributed by atoms with Gasteiger partial charge in [-0.05, 0) is 54.3 Å². The number of hydrogen-bond acceptors (Lipinski definition) is 5. The van der Waals surface area contributed by atoms with Gasteiger partial charge in [-0.1, -0.05) is 29.8 Å². The molecule has 1 aliphatic heterocycles. The van der Waals surface area contributed by atoms with Gasteiger partial charge in [0.25, 0.3) is 5.91 Å². The highest BCUT2D eigenvalue weighted by atomic mass is 35.5. The largest absolute Gasteiger partial charge is 0.497 e. The second-order valence-electron chi connectivity index (χ2n) is 7.37. The van der Waals surface area contributed by atoms with E-state index in [1.807, 2.05) is 42.7 Å². The van der Waals surface area contributed by atoms with Gasteiger partial charge >= 0.3 is 0 Å². The van der Waals surface area contributed by atoms with Gasteiger partial charge in [0.2, 0.25) is 5.76 Å². The molecular formula is C25H18ClNO4S. The minimum atomic E-state index is -0.639. The Kier molecular flexibility index (Phi) is 5.19. The molecule has 1 atom stereocenters. The molecule has 0 radical (unpaired) electrons. The van der Waals surface area contributed by atoms with Crippen molar-refractivity contribution in [2.75, 3.05) is 18.3 Å². The van der Waals surface area contributed by atoms with Crippen LogP contribution in [0.5, 0.6) is 5.75 Å². The maximum absolute atomic E-state index is 13.6. The maximum atomic E-state index is 13.6. The highest BCUT2D eigenvalue weighted by Crippen LogP contribution is 2.42. The first-order chi connectivity index (χ1) is 15.5. The second-order valence-corrected chi connectivity index (χ2v) is 8.68. The quantitative estimate of drug-likeness (QED) is 0.351. The lowest BCUT2D eigenvalue weighted by Gasteiger charge is -2.25. The number of benzene rings is 3. The van der Waals surface area contributed by atoms with E-state index in [9.17, 15) is 9.59 Å². The molecule has 0 aliphatic carbocycles. The van der Waals surface area contributed by atoms with Gasteiger partial charge in [-0.3, -0.25) is 14.5 Å². The molecule has 1 aliphatic rings. The molecule has 0 saturated heterocycles. The Labute approximate surface area is 193 Å². The van der Waals surface area contributed by atoms with Gasteiger partial charge in [0, 0.05) is 21.7 Å². The average Bonchev–Trinajstić information content (AvgIpc) is 3.12. The van der Waals surface area contributed by atoms with Crippen molar-refractivity contribution in [2.45, 2.75) is 10.9 Å². The fourth-order valence-electron chi connectivity index (χ4n) is 4.07. The van der Waals surface area contributed by atoms with Crippen LogP contribution < -0.4 is 15.1 Å². The summed E-state index contributed by atoms with van der Waals surface area (Å²) in [6.07, 6.45) is 2.00. The lowest BCUT2D eigenvalue weighted by atomic mass is 9.98. The molecule has 5 rings (SSSR count). The van der Waals surface area contributed by atoms with Gasteiger partial charge in [0.05, 0.1) is 24.1 Å². The highest BCUT2D eigenvalue weighted by molar-refractivity contribution is 7.98. The number of rotatable bonds is 4. The Balaban J connectivity index is 1.79. The summed E-state index contributed by atoms with van der Waals surface area (Å²) in [5.74, 6) is 0.284. The molecule has 1 amide bonds. The zero-order valence-electron chi connectivity index (χ0n) is 17.3. The van der Waals surface area contributed by atoms with Crippen LogP contribution in [0.25, 0.3) is 11.0 Å². The first kappa shape index (κ1) is 20.7. The van der Waals surface area contributed by atoms with Crippen LogP contribution in [0.15, 0.2) is 80.8 Å². The fourth-order valence-corrected chi connectivity index (χ4v) is 4.65. The van der Waals surface area contributed by atoms with E-state index in [4.69, 9.17) is 20.8 Å². The Hall–Kier alpha value is -3.22. The lowest BCUT2D eigenvalue weighted by molar-refractivity contribution is 0.0971. The fraction of sp³-hybridized carbons (Fsp3) is 0.120. The number of carbonyl (C=O) groups is 1. The molecule has 32 heavy (non-hydrogen) atoms. The first-order valence-corrected chi connectivity index (χ1v) is 11.5. The zero-order valence-corrected chi connectivity index (χ0v) is 18.9. The average molecular weight is 464 g/mol. The Morgan fingerprint density at radius 1 is 1.03 bits per heavy atom. The Morgan fingerprint density at radius 3 is 2.53 bits per heavy atom. The number of ether oxygens (including phenoxy) is 1. The molecule has 7 heteroatoms. The third-order valence-corrected chi connectivity index (χ3v) is 6.57. The van der Waals surface area contributed by atoms with Crippen molar-refractivity contribution in [3.63, 3.8) is 0 Å². The number of nitrogens with zero attached hydrogens (tertiary/aromatic N) is 1. The first-order valence-electron chi connectivity index (χ1n) is 9.89. The summed E-state index contributed by atoms with van der Waals surface area (Å²) in [6.45, 7) is 0. The summed E-state index contributed by atoms with van der Waals surface area (Å²) in [5, 5.41) is 0.780. The smallest absolute Gasteiger partial charge is 0.295 e. The van der Waals surface area contributed by atoms with E-state index in [1.54, 1.807) is 54.1 Å². The van der Waals surface area contributed by atoms with E-state index in [-0.39, 0.29) is 17.1 Å². The van der Waals surface area contributed by atoms with Gasteiger partial charge in [0.1, 0.15) is 11.3 Å². The summed E-state index contributed by atoms with van der Waals surface area (Å²) in [4.78, 5) is 29.9. The van der Waals surface area contributed by atoms with Crippen molar-refractivity contribution >= 4 is 45.9 Å². The van der Waals surface area contributed by atoms with Crippen molar-refractivity contribution in [1.82, 2.24) is 0 Å². The summed E-state index contributed by atoms with van der Waals surface area (Å²) in [6, 6.07) is 19.2. The third kappa shape index (κ3) is 3.27. The van der Waals surface area contributed by atoms with Crippen LogP contribution in [-0.2, 0) is 0 Å². The van der Waals surface area contributed by atoms with E-state index in [0.717, 1.165) is 10.5 Å². The number of carbonyl (C=O) groups excluding carboxylic acids is 1. The van der Waals surface area contributed by atoms with Crippen LogP contribution in [0.3, 0.4) is 0 Å². The number of anilines is 1. The molecule has 160 valence electrons. The van der Waals surface area contributed by atoms with E-state index < -0.39 is 6.04 Å². The Morgan fingerprint density at radius 2 is 1.81 bits per heavy atom.